The van der Waals surface area contributed by atoms with Gasteiger partial charge in [-0.3, -0.25) is 14.4 Å². The first-order valence-electron chi connectivity index (χ1n) is 8.81. The zero-order valence-corrected chi connectivity index (χ0v) is 18.0. The normalized spacial score (nSPS) is 11.2. The highest BCUT2D eigenvalue weighted by Gasteiger charge is 2.18. The highest BCUT2D eigenvalue weighted by atomic mass is 79.9. The van der Waals surface area contributed by atoms with Gasteiger partial charge in [-0.25, -0.2) is 4.57 Å². The molecule has 1 aromatic heterocycles. The number of pyridine rings is 1. The monoisotopic (exact) mass is 465 g/mol. The lowest BCUT2D eigenvalue weighted by Crippen LogP contribution is -3.00. The third-order valence-electron chi connectivity index (χ3n) is 3.95. The molecule has 6 nitrogen and oxygen atoms in total. The van der Waals surface area contributed by atoms with E-state index >= 15 is 0 Å². The molecule has 0 aliphatic carbocycles. The molecule has 2 rings (SSSR count). The molecule has 0 saturated carbocycles. The van der Waals surface area contributed by atoms with Crippen LogP contribution < -0.4 is 32.6 Å². The number of unbranched alkanes of at least 4 members (excludes halogenated alkanes) is 1. The average Bonchev–Trinajstić information content (AvgIpc) is 2.66. The number of carbonyl (C=O) groups is 3. The van der Waals surface area contributed by atoms with Crippen LogP contribution in [-0.2, 0) is 16.1 Å². The van der Waals surface area contributed by atoms with Crippen molar-refractivity contribution in [3.63, 3.8) is 0 Å². The number of primary amides is 1. The van der Waals surface area contributed by atoms with Crippen molar-refractivity contribution in [1.82, 2.24) is 5.32 Å². The van der Waals surface area contributed by atoms with Gasteiger partial charge in [0.1, 0.15) is 12.6 Å². The molecule has 1 atom stereocenters. The van der Waals surface area contributed by atoms with E-state index in [9.17, 15) is 14.4 Å². The molecule has 0 bridgehead atoms. The minimum atomic E-state index is -0.776. The van der Waals surface area contributed by atoms with Gasteiger partial charge in [-0.15, -0.1) is 0 Å². The molecule has 1 aromatic carbocycles. The van der Waals surface area contributed by atoms with Crippen LogP contribution >= 0.6 is 11.8 Å². The second-order valence-corrected chi connectivity index (χ2v) is 7.24. The van der Waals surface area contributed by atoms with Crippen LogP contribution in [0.1, 0.15) is 36.5 Å². The predicted octanol–water partition coefficient (Wildman–Crippen LogP) is -0.929. The smallest absolute Gasteiger partial charge is 0.253 e. The number of halogens is 1. The van der Waals surface area contributed by atoms with Crippen molar-refractivity contribution in [1.29, 1.82) is 0 Å². The lowest BCUT2D eigenvalue weighted by molar-refractivity contribution is -0.697. The minimum absolute atomic E-state index is 0. The molecule has 0 saturated heterocycles. The molecular formula is C20H24BrN3O3S. The lowest BCUT2D eigenvalue weighted by Gasteiger charge is -2.12. The number of hydrogen-bond acceptors (Lipinski definition) is 4. The Morgan fingerprint density at radius 1 is 1.07 bits per heavy atom. The van der Waals surface area contributed by atoms with E-state index in [1.807, 2.05) is 30.6 Å². The maximum atomic E-state index is 12.3. The number of thioether (sulfide) groups is 1. The van der Waals surface area contributed by atoms with Crippen LogP contribution in [0.15, 0.2) is 59.8 Å². The fourth-order valence-corrected chi connectivity index (χ4v) is 3.32. The summed E-state index contributed by atoms with van der Waals surface area (Å²) >= 11 is 1.06. The van der Waals surface area contributed by atoms with Gasteiger partial charge in [0.25, 0.3) is 5.91 Å². The summed E-state index contributed by atoms with van der Waals surface area (Å²) in [6.07, 6.45) is 6.11. The van der Waals surface area contributed by atoms with Crippen molar-refractivity contribution >= 4 is 28.7 Å². The Kier molecular flexibility index (Phi) is 10.5. The molecule has 2 aromatic rings. The molecule has 3 N–H and O–H groups in total. The zero-order valence-electron chi connectivity index (χ0n) is 15.6. The number of rotatable bonds is 9. The molecule has 28 heavy (non-hydrogen) atoms. The number of nitrogens with zero attached hydrogens (tertiary/aromatic N) is 1. The number of aryl methyl sites for hydroxylation is 1. The topological polar surface area (TPSA) is 93.1 Å². The van der Waals surface area contributed by atoms with Gasteiger partial charge in [0.05, 0.1) is 5.56 Å². The van der Waals surface area contributed by atoms with E-state index in [0.29, 0.717) is 16.9 Å². The summed E-state index contributed by atoms with van der Waals surface area (Å²) < 4.78 is 2.08. The molecule has 0 unspecified atom stereocenters. The molecule has 150 valence electrons. The van der Waals surface area contributed by atoms with Crippen LogP contribution in [0, 0.1) is 0 Å². The van der Waals surface area contributed by atoms with Crippen LogP contribution in [0.2, 0.25) is 0 Å². The summed E-state index contributed by atoms with van der Waals surface area (Å²) in [5.74, 6) is -1.03. The van der Waals surface area contributed by atoms with Gasteiger partial charge in [0.15, 0.2) is 17.5 Å². The number of benzene rings is 1. The summed E-state index contributed by atoms with van der Waals surface area (Å²) in [7, 11) is 0. The second-order valence-electron chi connectivity index (χ2n) is 6.14. The van der Waals surface area contributed by atoms with Gasteiger partial charge in [-0.2, -0.15) is 0 Å². The van der Waals surface area contributed by atoms with Gasteiger partial charge in [0.2, 0.25) is 5.91 Å². The Bertz CT molecular complexity index is 802. The summed E-state index contributed by atoms with van der Waals surface area (Å²) in [5, 5.41) is 2.55. The second kappa shape index (κ2) is 12.3. The molecule has 0 radical (unpaired) electrons. The molecule has 8 heteroatoms. The van der Waals surface area contributed by atoms with Crippen LogP contribution in [0.5, 0.6) is 0 Å². The highest BCUT2D eigenvalue weighted by molar-refractivity contribution is 8.13. The molecule has 0 aliphatic heterocycles. The molecule has 0 spiro atoms. The fourth-order valence-electron chi connectivity index (χ4n) is 2.41. The van der Waals surface area contributed by atoms with E-state index < -0.39 is 17.9 Å². The maximum Gasteiger partial charge on any atom is 0.253 e. The molecular weight excluding hydrogens is 442 g/mol. The maximum absolute atomic E-state index is 12.3. The number of hydrogen-bond donors (Lipinski definition) is 2. The largest absolute Gasteiger partial charge is 1.00 e. The van der Waals surface area contributed by atoms with Crippen molar-refractivity contribution in [2.24, 2.45) is 5.73 Å². The Hall–Kier alpha value is -2.19. The van der Waals surface area contributed by atoms with Gasteiger partial charge < -0.3 is 28.0 Å². The molecule has 0 fully saturated rings. The summed E-state index contributed by atoms with van der Waals surface area (Å²) in [6, 6.07) is 12.0. The van der Waals surface area contributed by atoms with E-state index in [1.165, 1.54) is 6.92 Å². The van der Waals surface area contributed by atoms with Crippen molar-refractivity contribution in [3.8, 4) is 0 Å². The Morgan fingerprint density at radius 3 is 2.43 bits per heavy atom. The van der Waals surface area contributed by atoms with Gasteiger partial charge in [0, 0.05) is 29.9 Å². The first-order valence-corrected chi connectivity index (χ1v) is 9.63. The first-order chi connectivity index (χ1) is 13.0. The Balaban J connectivity index is 0.00000392. The number of aromatic nitrogens is 1. The van der Waals surface area contributed by atoms with Gasteiger partial charge >= 0.3 is 0 Å². The van der Waals surface area contributed by atoms with E-state index in [1.54, 1.807) is 24.3 Å². The van der Waals surface area contributed by atoms with Crippen molar-refractivity contribution < 1.29 is 35.9 Å². The van der Waals surface area contributed by atoms with Crippen LogP contribution in [0.25, 0.3) is 0 Å². The lowest BCUT2D eigenvalue weighted by atomic mass is 10.2. The number of carbonyl (C=O) groups excluding carboxylic acids is 3. The van der Waals surface area contributed by atoms with Crippen LogP contribution in [-0.4, -0.2) is 23.0 Å². The number of amides is 2. The Labute approximate surface area is 179 Å². The fraction of sp³-hybridized carbons (Fsp3) is 0.300. The third kappa shape index (κ3) is 7.82. The first kappa shape index (κ1) is 23.8. The Morgan fingerprint density at radius 2 is 1.75 bits per heavy atom. The van der Waals surface area contributed by atoms with Gasteiger partial charge in [-0.05, 0) is 25.5 Å². The third-order valence-corrected chi connectivity index (χ3v) is 4.96. The van der Waals surface area contributed by atoms with Crippen molar-refractivity contribution in [2.45, 2.75) is 43.7 Å². The summed E-state index contributed by atoms with van der Waals surface area (Å²) in [4.78, 5) is 36.3. The zero-order chi connectivity index (χ0) is 19.6. The SMILES string of the molecule is C[C@@H](NC(=O)c1ccccc1SC(=O)CCCC[n+]1ccccc1)C(N)=O.[Br-]. The van der Waals surface area contributed by atoms with E-state index in [2.05, 4.69) is 9.88 Å². The van der Waals surface area contributed by atoms with Crippen molar-refractivity contribution in [2.75, 3.05) is 0 Å². The number of nitrogens with two attached hydrogens (primary N) is 1. The quantitative estimate of drug-likeness (QED) is 0.284. The average molecular weight is 466 g/mol. The van der Waals surface area contributed by atoms with E-state index in [-0.39, 0.29) is 22.1 Å². The van der Waals surface area contributed by atoms with Crippen LogP contribution in [0.4, 0.5) is 0 Å². The standard InChI is InChI=1S/C20H23N3O3S.BrH/c1-15(19(21)25)22-20(26)16-9-3-4-10-17(16)27-18(24)11-5-8-14-23-12-6-2-7-13-23;/h2-4,6-7,9-10,12-13,15H,5,8,11,14H2,1H3,(H2-,21,22,25,26);1H/t15-;/m1./s1. The predicted molar refractivity (Wildman–Crippen MR) is 104 cm³/mol. The van der Waals surface area contributed by atoms with Gasteiger partial charge in [-0.1, -0.05) is 30.0 Å². The molecule has 0 aliphatic rings. The van der Waals surface area contributed by atoms with E-state index in [0.717, 1.165) is 31.1 Å². The summed E-state index contributed by atoms with van der Waals surface area (Å²) in [5.41, 5.74) is 5.54. The van der Waals surface area contributed by atoms with E-state index in [4.69, 9.17) is 5.73 Å². The minimum Gasteiger partial charge on any atom is -1.00 e. The highest BCUT2D eigenvalue weighted by Crippen LogP contribution is 2.25. The van der Waals surface area contributed by atoms with Crippen LogP contribution in [0.3, 0.4) is 0 Å². The molecule has 1 heterocycles. The number of nitrogens with one attached hydrogen (secondary N) is 1. The molecule has 2 amide bonds. The summed E-state index contributed by atoms with van der Waals surface area (Å²) in [6.45, 7) is 2.38. The van der Waals surface area contributed by atoms with Crippen molar-refractivity contribution in [3.05, 3.63) is 60.4 Å².